The van der Waals surface area contributed by atoms with Gasteiger partial charge in [-0.15, -0.1) is 0 Å². The van der Waals surface area contributed by atoms with Gasteiger partial charge in [0, 0.05) is 0 Å². The molecular formula is C11H9BrFN3O2. The SMILES string of the molecule is Cc1nn(-c2ccc(F)cc2[N+](=O)[O-])c(C)c1Br. The summed E-state index contributed by atoms with van der Waals surface area (Å²) in [6.07, 6.45) is 0. The molecular weight excluding hydrogens is 305 g/mol. The predicted molar refractivity (Wildman–Crippen MR) is 67.4 cm³/mol. The number of aryl methyl sites for hydroxylation is 1. The molecule has 0 unspecified atom stereocenters. The zero-order valence-corrected chi connectivity index (χ0v) is 11.2. The lowest BCUT2D eigenvalue weighted by Gasteiger charge is -2.05. The Balaban J connectivity index is 2.71. The highest BCUT2D eigenvalue weighted by atomic mass is 79.9. The summed E-state index contributed by atoms with van der Waals surface area (Å²) in [6.45, 7) is 3.56. The minimum absolute atomic E-state index is 0.243. The first-order chi connectivity index (χ1) is 8.41. The van der Waals surface area contributed by atoms with Gasteiger partial charge in [0.15, 0.2) is 0 Å². The van der Waals surface area contributed by atoms with E-state index in [1.807, 2.05) is 0 Å². The molecule has 1 heterocycles. The molecule has 0 bridgehead atoms. The fourth-order valence-electron chi connectivity index (χ4n) is 1.68. The van der Waals surface area contributed by atoms with Crippen molar-refractivity contribution in [1.29, 1.82) is 0 Å². The Kier molecular flexibility index (Phi) is 3.16. The average molecular weight is 314 g/mol. The van der Waals surface area contributed by atoms with Crippen LogP contribution in [0.2, 0.25) is 0 Å². The summed E-state index contributed by atoms with van der Waals surface area (Å²) in [5, 5.41) is 15.1. The Labute approximate surface area is 111 Å². The molecule has 1 aromatic carbocycles. The van der Waals surface area contributed by atoms with Gasteiger partial charge in [0.2, 0.25) is 0 Å². The number of benzene rings is 1. The van der Waals surface area contributed by atoms with Crippen molar-refractivity contribution in [1.82, 2.24) is 9.78 Å². The van der Waals surface area contributed by atoms with Crippen molar-refractivity contribution in [3.05, 3.63) is 50.0 Å². The third kappa shape index (κ3) is 2.01. The van der Waals surface area contributed by atoms with Gasteiger partial charge >= 0.3 is 0 Å². The minimum atomic E-state index is -0.647. The van der Waals surface area contributed by atoms with E-state index >= 15 is 0 Å². The van der Waals surface area contributed by atoms with E-state index in [1.165, 1.54) is 16.8 Å². The van der Waals surface area contributed by atoms with Crippen molar-refractivity contribution in [2.45, 2.75) is 13.8 Å². The van der Waals surface area contributed by atoms with E-state index in [2.05, 4.69) is 21.0 Å². The van der Waals surface area contributed by atoms with Crippen molar-refractivity contribution in [2.75, 3.05) is 0 Å². The second kappa shape index (κ2) is 4.49. The fourth-order valence-corrected chi connectivity index (χ4v) is 1.93. The fraction of sp³-hybridized carbons (Fsp3) is 0.182. The van der Waals surface area contributed by atoms with E-state index in [4.69, 9.17) is 0 Å². The van der Waals surface area contributed by atoms with E-state index in [1.54, 1.807) is 13.8 Å². The van der Waals surface area contributed by atoms with Crippen LogP contribution in [-0.4, -0.2) is 14.7 Å². The molecule has 0 amide bonds. The summed E-state index contributed by atoms with van der Waals surface area (Å²) in [5.74, 6) is -0.647. The maximum absolute atomic E-state index is 13.1. The third-order valence-corrected chi connectivity index (χ3v) is 3.71. The molecule has 94 valence electrons. The quantitative estimate of drug-likeness (QED) is 0.631. The number of hydrogen-bond acceptors (Lipinski definition) is 3. The van der Waals surface area contributed by atoms with E-state index in [-0.39, 0.29) is 11.4 Å². The summed E-state index contributed by atoms with van der Waals surface area (Å²) in [5.41, 5.74) is 1.37. The molecule has 2 aromatic rings. The van der Waals surface area contributed by atoms with Crippen LogP contribution in [0.3, 0.4) is 0 Å². The van der Waals surface area contributed by atoms with Crippen molar-refractivity contribution < 1.29 is 9.31 Å². The molecule has 7 heteroatoms. The summed E-state index contributed by atoms with van der Waals surface area (Å²) < 4.78 is 15.3. The molecule has 0 aliphatic heterocycles. The van der Waals surface area contributed by atoms with Gasteiger partial charge in [-0.05, 0) is 41.9 Å². The highest BCUT2D eigenvalue weighted by Gasteiger charge is 2.20. The number of nitrogens with zero attached hydrogens (tertiary/aromatic N) is 3. The zero-order valence-electron chi connectivity index (χ0n) is 9.65. The summed E-state index contributed by atoms with van der Waals surface area (Å²) in [6, 6.07) is 3.41. The lowest BCUT2D eigenvalue weighted by molar-refractivity contribution is -0.384. The topological polar surface area (TPSA) is 61.0 Å². The van der Waals surface area contributed by atoms with Gasteiger partial charge in [-0.3, -0.25) is 10.1 Å². The maximum atomic E-state index is 13.1. The third-order valence-electron chi connectivity index (χ3n) is 2.57. The molecule has 0 aliphatic rings. The summed E-state index contributed by atoms with van der Waals surface area (Å²) in [7, 11) is 0. The van der Waals surface area contributed by atoms with E-state index in [9.17, 15) is 14.5 Å². The van der Waals surface area contributed by atoms with Gasteiger partial charge in [-0.2, -0.15) is 5.10 Å². The number of nitro groups is 1. The van der Waals surface area contributed by atoms with Crippen molar-refractivity contribution in [2.24, 2.45) is 0 Å². The number of nitro benzene ring substituents is 1. The van der Waals surface area contributed by atoms with Gasteiger partial charge in [-0.1, -0.05) is 0 Å². The Hall–Kier alpha value is -1.76. The Bertz CT molecular complexity index is 639. The van der Waals surface area contributed by atoms with Crippen LogP contribution < -0.4 is 0 Å². The molecule has 0 spiro atoms. The molecule has 0 fully saturated rings. The van der Waals surface area contributed by atoms with Crippen LogP contribution in [0.15, 0.2) is 22.7 Å². The van der Waals surface area contributed by atoms with Gasteiger partial charge in [0.25, 0.3) is 5.69 Å². The van der Waals surface area contributed by atoms with Crippen LogP contribution in [-0.2, 0) is 0 Å². The van der Waals surface area contributed by atoms with Crippen LogP contribution >= 0.6 is 15.9 Å². The second-order valence-electron chi connectivity index (χ2n) is 3.79. The summed E-state index contributed by atoms with van der Waals surface area (Å²) in [4.78, 5) is 10.3. The molecule has 2 rings (SSSR count). The monoisotopic (exact) mass is 313 g/mol. The number of rotatable bonds is 2. The number of aromatic nitrogens is 2. The van der Waals surface area contributed by atoms with Crippen LogP contribution in [0.25, 0.3) is 5.69 Å². The predicted octanol–water partition coefficient (Wildman–Crippen LogP) is 3.30. The highest BCUT2D eigenvalue weighted by molar-refractivity contribution is 9.10. The first kappa shape index (κ1) is 12.7. The lowest BCUT2D eigenvalue weighted by Crippen LogP contribution is -2.04. The molecule has 0 atom stereocenters. The maximum Gasteiger partial charge on any atom is 0.297 e. The van der Waals surface area contributed by atoms with Crippen molar-refractivity contribution in [3.8, 4) is 5.69 Å². The summed E-state index contributed by atoms with van der Waals surface area (Å²) >= 11 is 3.35. The molecule has 0 radical (unpaired) electrons. The first-order valence-electron chi connectivity index (χ1n) is 5.08. The first-order valence-corrected chi connectivity index (χ1v) is 5.87. The van der Waals surface area contributed by atoms with Crippen LogP contribution in [0, 0.1) is 29.8 Å². The molecule has 0 saturated carbocycles. The van der Waals surface area contributed by atoms with Crippen LogP contribution in [0.5, 0.6) is 0 Å². The second-order valence-corrected chi connectivity index (χ2v) is 4.58. The van der Waals surface area contributed by atoms with Crippen LogP contribution in [0.1, 0.15) is 11.4 Å². The van der Waals surface area contributed by atoms with E-state index < -0.39 is 10.7 Å². The molecule has 1 aromatic heterocycles. The normalized spacial score (nSPS) is 10.7. The molecule has 0 N–H and O–H groups in total. The molecule has 5 nitrogen and oxygen atoms in total. The Morgan fingerprint density at radius 1 is 1.44 bits per heavy atom. The molecule has 0 aliphatic carbocycles. The number of halogens is 2. The Morgan fingerprint density at radius 2 is 2.11 bits per heavy atom. The zero-order chi connectivity index (χ0) is 13.4. The average Bonchev–Trinajstić information content (AvgIpc) is 2.57. The van der Waals surface area contributed by atoms with E-state index in [0.29, 0.717) is 5.69 Å². The highest BCUT2D eigenvalue weighted by Crippen LogP contribution is 2.28. The lowest BCUT2D eigenvalue weighted by atomic mass is 10.2. The standard InChI is InChI=1S/C11H9BrFN3O2/c1-6-11(12)7(2)15(14-6)9-4-3-8(13)5-10(9)16(17)18/h3-5H,1-2H3. The van der Waals surface area contributed by atoms with Gasteiger partial charge in [0.1, 0.15) is 11.5 Å². The van der Waals surface area contributed by atoms with Crippen molar-refractivity contribution >= 4 is 21.6 Å². The van der Waals surface area contributed by atoms with Crippen LogP contribution in [0.4, 0.5) is 10.1 Å². The number of hydrogen-bond donors (Lipinski definition) is 0. The minimum Gasteiger partial charge on any atom is -0.258 e. The molecule has 0 saturated heterocycles. The largest absolute Gasteiger partial charge is 0.297 e. The van der Waals surface area contributed by atoms with Crippen molar-refractivity contribution in [3.63, 3.8) is 0 Å². The van der Waals surface area contributed by atoms with Gasteiger partial charge in [0.05, 0.1) is 26.9 Å². The Morgan fingerprint density at radius 3 is 2.61 bits per heavy atom. The van der Waals surface area contributed by atoms with Gasteiger partial charge in [-0.25, -0.2) is 9.07 Å². The smallest absolute Gasteiger partial charge is 0.258 e. The van der Waals surface area contributed by atoms with E-state index in [0.717, 1.165) is 16.2 Å². The molecule has 18 heavy (non-hydrogen) atoms. The van der Waals surface area contributed by atoms with Gasteiger partial charge < -0.3 is 0 Å².